The largest absolute Gasteiger partial charge is 0.506 e. The van der Waals surface area contributed by atoms with Crippen LogP contribution in [0.4, 0.5) is 5.69 Å². The number of nitrogens with one attached hydrogen (secondary N) is 1. The van der Waals surface area contributed by atoms with E-state index < -0.39 is 0 Å². The molecule has 1 heterocycles. The summed E-state index contributed by atoms with van der Waals surface area (Å²) in [7, 11) is 0. The molecule has 0 radical (unpaired) electrons. The normalized spacial score (nSPS) is 11.4. The number of phenolic OH excluding ortho intramolecular Hbond substituents is 1. The maximum absolute atomic E-state index is 12.1. The minimum Gasteiger partial charge on any atom is -0.506 e. The molecule has 4 heteroatoms. The van der Waals surface area contributed by atoms with Gasteiger partial charge in [0.2, 0.25) is 0 Å². The summed E-state index contributed by atoms with van der Waals surface area (Å²) in [4.78, 5) is 12.1. The van der Waals surface area contributed by atoms with Gasteiger partial charge in [-0.15, -0.1) is 0 Å². The van der Waals surface area contributed by atoms with E-state index in [0.29, 0.717) is 5.69 Å². The Bertz CT molecular complexity index is 635. The molecule has 0 bridgehead atoms. The van der Waals surface area contributed by atoms with Crippen LogP contribution in [0.15, 0.2) is 34.9 Å². The van der Waals surface area contributed by atoms with E-state index in [1.54, 1.807) is 25.1 Å². The fraction of sp³-hybridized carbons (Fsp3) is 0.312. The molecule has 0 saturated carbocycles. The van der Waals surface area contributed by atoms with Crippen LogP contribution in [0.2, 0.25) is 0 Å². The van der Waals surface area contributed by atoms with Gasteiger partial charge in [0.05, 0.1) is 12.0 Å². The molecule has 0 saturated heterocycles. The molecule has 1 aromatic heterocycles. The first kappa shape index (κ1) is 14.2. The minimum atomic E-state index is -0.367. The second kappa shape index (κ2) is 5.04. The van der Waals surface area contributed by atoms with Crippen molar-refractivity contribution in [3.05, 3.63) is 47.4 Å². The monoisotopic (exact) mass is 273 g/mol. The number of aryl methyl sites for hydroxylation is 1. The lowest BCUT2D eigenvalue weighted by Crippen LogP contribution is -2.15. The van der Waals surface area contributed by atoms with E-state index in [1.165, 1.54) is 6.26 Å². The molecule has 2 aromatic rings. The van der Waals surface area contributed by atoms with Crippen LogP contribution in [0.3, 0.4) is 0 Å². The first-order chi connectivity index (χ1) is 9.29. The number of rotatable bonds is 2. The maximum atomic E-state index is 12.1. The van der Waals surface area contributed by atoms with Crippen molar-refractivity contribution < 1.29 is 14.3 Å². The Morgan fingerprint density at radius 3 is 2.50 bits per heavy atom. The molecule has 106 valence electrons. The number of amides is 1. The molecule has 4 nitrogen and oxygen atoms in total. The Hall–Kier alpha value is -2.23. The average Bonchev–Trinajstić information content (AvgIpc) is 2.77. The Kier molecular flexibility index (Phi) is 3.57. The number of carbonyl (C=O) groups excluding carboxylic acids is 1. The van der Waals surface area contributed by atoms with Crippen molar-refractivity contribution in [2.45, 2.75) is 33.1 Å². The first-order valence-electron chi connectivity index (χ1n) is 6.48. The number of anilines is 1. The van der Waals surface area contributed by atoms with E-state index >= 15 is 0 Å². The predicted octanol–water partition coefficient (Wildman–Crippen LogP) is 3.84. The van der Waals surface area contributed by atoms with Crippen molar-refractivity contribution >= 4 is 11.6 Å². The molecule has 0 aliphatic heterocycles. The SMILES string of the molecule is Cc1ccoc1C(=O)Nc1cc(C(C)(C)C)ccc1O. The Balaban J connectivity index is 2.30. The molecule has 2 N–H and O–H groups in total. The third kappa shape index (κ3) is 2.85. The first-order valence-corrected chi connectivity index (χ1v) is 6.48. The lowest BCUT2D eigenvalue weighted by molar-refractivity contribution is 0.0995. The molecule has 0 atom stereocenters. The molecule has 20 heavy (non-hydrogen) atoms. The number of carbonyl (C=O) groups is 1. The lowest BCUT2D eigenvalue weighted by atomic mass is 9.87. The number of furan rings is 1. The summed E-state index contributed by atoms with van der Waals surface area (Å²) in [6.45, 7) is 8.01. The Morgan fingerprint density at radius 2 is 1.95 bits per heavy atom. The Labute approximate surface area is 118 Å². The average molecular weight is 273 g/mol. The maximum Gasteiger partial charge on any atom is 0.291 e. The van der Waals surface area contributed by atoms with Crippen molar-refractivity contribution in [1.82, 2.24) is 0 Å². The van der Waals surface area contributed by atoms with Crippen LogP contribution in [0.1, 0.15) is 42.5 Å². The molecule has 0 fully saturated rings. The van der Waals surface area contributed by atoms with Gasteiger partial charge in [-0.1, -0.05) is 26.8 Å². The van der Waals surface area contributed by atoms with Crippen molar-refractivity contribution in [3.8, 4) is 5.75 Å². The van der Waals surface area contributed by atoms with Crippen LogP contribution >= 0.6 is 0 Å². The van der Waals surface area contributed by atoms with Crippen molar-refractivity contribution in [2.75, 3.05) is 5.32 Å². The van der Waals surface area contributed by atoms with E-state index in [1.807, 2.05) is 6.07 Å². The molecule has 0 aliphatic carbocycles. The van der Waals surface area contributed by atoms with Gasteiger partial charge in [-0.05, 0) is 36.1 Å². The predicted molar refractivity (Wildman–Crippen MR) is 78.2 cm³/mol. The highest BCUT2D eigenvalue weighted by Crippen LogP contribution is 2.31. The van der Waals surface area contributed by atoms with Crippen molar-refractivity contribution in [2.24, 2.45) is 0 Å². The summed E-state index contributed by atoms with van der Waals surface area (Å²) in [5.74, 6) is -0.0741. The number of phenols is 1. The van der Waals surface area contributed by atoms with E-state index in [0.717, 1.165) is 11.1 Å². The molecule has 1 aromatic carbocycles. The van der Waals surface area contributed by atoms with Crippen LogP contribution in [0.25, 0.3) is 0 Å². The van der Waals surface area contributed by atoms with Gasteiger partial charge in [0.15, 0.2) is 5.76 Å². The van der Waals surface area contributed by atoms with Gasteiger partial charge in [0.1, 0.15) is 5.75 Å². The second-order valence-corrected chi connectivity index (χ2v) is 5.87. The molecule has 0 spiro atoms. The molecule has 0 aliphatic rings. The highest BCUT2D eigenvalue weighted by atomic mass is 16.3. The zero-order valence-electron chi connectivity index (χ0n) is 12.2. The third-order valence-electron chi connectivity index (χ3n) is 3.18. The van der Waals surface area contributed by atoms with E-state index in [2.05, 4.69) is 26.1 Å². The zero-order valence-corrected chi connectivity index (χ0v) is 12.2. The van der Waals surface area contributed by atoms with Crippen LogP contribution in [0.5, 0.6) is 5.75 Å². The number of benzene rings is 1. The summed E-state index contributed by atoms with van der Waals surface area (Å²) in [5, 5.41) is 12.6. The topological polar surface area (TPSA) is 62.5 Å². The summed E-state index contributed by atoms with van der Waals surface area (Å²) in [5.41, 5.74) is 2.11. The smallest absolute Gasteiger partial charge is 0.291 e. The van der Waals surface area contributed by atoms with Crippen molar-refractivity contribution in [3.63, 3.8) is 0 Å². The van der Waals surface area contributed by atoms with Gasteiger partial charge in [0, 0.05) is 5.56 Å². The molecule has 1 amide bonds. The molecule has 2 rings (SSSR count). The quantitative estimate of drug-likeness (QED) is 0.817. The van der Waals surface area contributed by atoms with Gasteiger partial charge in [-0.25, -0.2) is 0 Å². The summed E-state index contributed by atoms with van der Waals surface area (Å²) < 4.78 is 5.14. The summed E-state index contributed by atoms with van der Waals surface area (Å²) in [6, 6.07) is 6.94. The van der Waals surface area contributed by atoms with Crippen LogP contribution in [-0.4, -0.2) is 11.0 Å². The van der Waals surface area contributed by atoms with E-state index in [4.69, 9.17) is 4.42 Å². The lowest BCUT2D eigenvalue weighted by Gasteiger charge is -2.20. The van der Waals surface area contributed by atoms with E-state index in [-0.39, 0.29) is 22.8 Å². The van der Waals surface area contributed by atoms with Gasteiger partial charge < -0.3 is 14.8 Å². The fourth-order valence-corrected chi connectivity index (χ4v) is 1.89. The van der Waals surface area contributed by atoms with Crippen LogP contribution in [0, 0.1) is 6.92 Å². The highest BCUT2D eigenvalue weighted by Gasteiger charge is 2.18. The highest BCUT2D eigenvalue weighted by molar-refractivity contribution is 6.04. The number of aromatic hydroxyl groups is 1. The van der Waals surface area contributed by atoms with Gasteiger partial charge in [0.25, 0.3) is 5.91 Å². The third-order valence-corrected chi connectivity index (χ3v) is 3.18. The molecular formula is C16H19NO3. The second-order valence-electron chi connectivity index (χ2n) is 5.87. The van der Waals surface area contributed by atoms with Crippen molar-refractivity contribution in [1.29, 1.82) is 0 Å². The standard InChI is InChI=1S/C16H19NO3/c1-10-7-8-20-14(10)15(19)17-12-9-11(16(2,3)4)5-6-13(12)18/h5-9,18H,1-4H3,(H,17,19). The van der Waals surface area contributed by atoms with Gasteiger partial charge in [-0.3, -0.25) is 4.79 Å². The molecular weight excluding hydrogens is 254 g/mol. The van der Waals surface area contributed by atoms with E-state index in [9.17, 15) is 9.90 Å². The van der Waals surface area contributed by atoms with Gasteiger partial charge in [-0.2, -0.15) is 0 Å². The van der Waals surface area contributed by atoms with Crippen LogP contribution < -0.4 is 5.32 Å². The van der Waals surface area contributed by atoms with Gasteiger partial charge >= 0.3 is 0 Å². The summed E-state index contributed by atoms with van der Waals surface area (Å²) >= 11 is 0. The number of hydrogen-bond donors (Lipinski definition) is 2. The summed E-state index contributed by atoms with van der Waals surface area (Å²) in [6.07, 6.45) is 1.47. The molecule has 0 unspecified atom stereocenters. The minimum absolute atomic E-state index is 0.0376. The Morgan fingerprint density at radius 1 is 1.25 bits per heavy atom. The zero-order chi connectivity index (χ0) is 14.9. The number of hydrogen-bond acceptors (Lipinski definition) is 3. The fourth-order valence-electron chi connectivity index (χ4n) is 1.89. The van der Waals surface area contributed by atoms with Crippen LogP contribution in [-0.2, 0) is 5.41 Å².